The van der Waals surface area contributed by atoms with Gasteiger partial charge in [0, 0.05) is 0 Å². The lowest BCUT2D eigenvalue weighted by molar-refractivity contribution is 0.543. The van der Waals surface area contributed by atoms with Gasteiger partial charge >= 0.3 is 0 Å². The van der Waals surface area contributed by atoms with Crippen LogP contribution in [-0.2, 0) is 22.2 Å². The number of hydrogen-bond donors (Lipinski definition) is 3. The molecule has 0 aromatic rings. The lowest BCUT2D eigenvalue weighted by Gasteiger charge is -2.10. The summed E-state index contributed by atoms with van der Waals surface area (Å²) in [6.45, 7) is 0. The molecule has 4 unspecified atom stereocenters. The molecular formula is C2H5Br2NO4S2. The highest BCUT2D eigenvalue weighted by molar-refractivity contribution is 9.11. The smallest absolute Gasteiger partial charge is 0.182 e. The zero-order valence-electron chi connectivity index (χ0n) is 4.94. The van der Waals surface area contributed by atoms with Crippen molar-refractivity contribution >= 4 is 54.0 Å². The maximum Gasteiger partial charge on any atom is 0.182 e. The summed E-state index contributed by atoms with van der Waals surface area (Å²) in [5.41, 5.74) is 0. The first kappa shape index (κ1) is 12.1. The van der Waals surface area contributed by atoms with Crippen LogP contribution in [-0.4, -0.2) is 26.1 Å². The molecule has 0 saturated heterocycles. The van der Waals surface area contributed by atoms with E-state index in [0.29, 0.717) is 0 Å². The van der Waals surface area contributed by atoms with Gasteiger partial charge in [-0.3, -0.25) is 5.32 Å². The average Bonchev–Trinajstić information content (AvgIpc) is 1.87. The van der Waals surface area contributed by atoms with E-state index >= 15 is 0 Å². The molecule has 5 nitrogen and oxygen atoms in total. The van der Waals surface area contributed by atoms with Gasteiger partial charge in [0.25, 0.3) is 0 Å². The molecule has 0 spiro atoms. The van der Waals surface area contributed by atoms with E-state index in [1.807, 2.05) is 0 Å². The SMILES string of the molecule is O=S(O)C(Br)NC(Br)S(=O)O. The van der Waals surface area contributed by atoms with Crippen LogP contribution in [0.5, 0.6) is 0 Å². The van der Waals surface area contributed by atoms with Crippen molar-refractivity contribution in [2.45, 2.75) is 8.57 Å². The fraction of sp³-hybridized carbons (Fsp3) is 1.00. The second kappa shape index (κ2) is 5.73. The summed E-state index contributed by atoms with van der Waals surface area (Å²) >= 11 is 1.31. The molecule has 0 aliphatic rings. The van der Waals surface area contributed by atoms with Gasteiger partial charge in [-0.25, -0.2) is 8.42 Å². The molecule has 0 saturated carbocycles. The van der Waals surface area contributed by atoms with Crippen LogP contribution in [0.4, 0.5) is 0 Å². The molecule has 0 rings (SSSR count). The topological polar surface area (TPSA) is 86.6 Å². The first-order valence-electron chi connectivity index (χ1n) is 2.18. The summed E-state index contributed by atoms with van der Waals surface area (Å²) in [7, 11) is 0. The Hall–Kier alpha value is 1.14. The molecule has 0 bridgehead atoms. The fourth-order valence-corrected chi connectivity index (χ4v) is 2.04. The Morgan fingerprint density at radius 3 is 1.55 bits per heavy atom. The van der Waals surface area contributed by atoms with Crippen LogP contribution in [0.2, 0.25) is 0 Å². The lowest BCUT2D eigenvalue weighted by Crippen LogP contribution is -2.35. The van der Waals surface area contributed by atoms with Crippen molar-refractivity contribution in [3.05, 3.63) is 0 Å². The molecule has 0 aromatic carbocycles. The van der Waals surface area contributed by atoms with Crippen molar-refractivity contribution < 1.29 is 17.5 Å². The number of hydrogen-bond acceptors (Lipinski definition) is 3. The Bertz CT molecular complexity index is 159. The van der Waals surface area contributed by atoms with Gasteiger partial charge in [-0.2, -0.15) is 0 Å². The van der Waals surface area contributed by atoms with E-state index in [1.165, 1.54) is 0 Å². The van der Waals surface area contributed by atoms with Gasteiger partial charge in [0.05, 0.1) is 0 Å². The highest BCUT2D eigenvalue weighted by Gasteiger charge is 2.17. The van der Waals surface area contributed by atoms with E-state index in [0.717, 1.165) is 0 Å². The number of halogens is 2. The standard InChI is InChI=1S/C2H5Br2NO4S2/c3-1(10(6)7)5-2(4)11(8)9/h1-2,5H,(H,6,7)(H,8,9). The van der Waals surface area contributed by atoms with Crippen molar-refractivity contribution in [3.63, 3.8) is 0 Å². The van der Waals surface area contributed by atoms with Crippen LogP contribution in [0.25, 0.3) is 0 Å². The third-order valence-corrected chi connectivity index (χ3v) is 4.04. The minimum atomic E-state index is -2.12. The molecule has 3 N–H and O–H groups in total. The highest BCUT2D eigenvalue weighted by Crippen LogP contribution is 2.06. The molecule has 0 fully saturated rings. The summed E-state index contributed by atoms with van der Waals surface area (Å²) in [4.78, 5) is 0. The monoisotopic (exact) mass is 329 g/mol. The molecular weight excluding hydrogens is 326 g/mol. The highest BCUT2D eigenvalue weighted by atomic mass is 79.9. The van der Waals surface area contributed by atoms with E-state index in [-0.39, 0.29) is 0 Å². The van der Waals surface area contributed by atoms with Crippen molar-refractivity contribution in [2.75, 3.05) is 0 Å². The molecule has 68 valence electrons. The Kier molecular flexibility index (Phi) is 6.32. The van der Waals surface area contributed by atoms with Crippen molar-refractivity contribution in [1.29, 1.82) is 0 Å². The van der Waals surface area contributed by atoms with Gasteiger partial charge in [0.2, 0.25) is 0 Å². The van der Waals surface area contributed by atoms with Crippen LogP contribution in [0.15, 0.2) is 0 Å². The Labute approximate surface area is 85.1 Å². The third-order valence-electron chi connectivity index (χ3n) is 0.616. The maximum atomic E-state index is 10.3. The van der Waals surface area contributed by atoms with E-state index in [2.05, 4.69) is 37.2 Å². The normalized spacial score (nSPS) is 22.2. The molecule has 4 atom stereocenters. The van der Waals surface area contributed by atoms with Crippen LogP contribution in [0, 0.1) is 0 Å². The average molecular weight is 331 g/mol. The van der Waals surface area contributed by atoms with Crippen molar-refractivity contribution in [3.8, 4) is 0 Å². The first-order chi connectivity index (χ1) is 4.95. The second-order valence-electron chi connectivity index (χ2n) is 1.35. The molecule has 0 amide bonds. The molecule has 0 aliphatic heterocycles. The van der Waals surface area contributed by atoms with Gasteiger partial charge < -0.3 is 9.11 Å². The van der Waals surface area contributed by atoms with E-state index < -0.39 is 30.7 Å². The Balaban J connectivity index is 3.84. The molecule has 11 heavy (non-hydrogen) atoms. The number of nitrogens with one attached hydrogen (secondary N) is 1. The van der Waals surface area contributed by atoms with E-state index in [1.54, 1.807) is 0 Å². The maximum absolute atomic E-state index is 10.3. The largest absolute Gasteiger partial charge is 0.304 e. The van der Waals surface area contributed by atoms with Crippen LogP contribution < -0.4 is 5.32 Å². The summed E-state index contributed by atoms with van der Waals surface area (Å²) in [6, 6.07) is 0. The minimum absolute atomic E-state index is 0.928. The van der Waals surface area contributed by atoms with Crippen LogP contribution in [0.1, 0.15) is 0 Å². The summed E-state index contributed by atoms with van der Waals surface area (Å²) < 4.78 is 35.5. The number of rotatable bonds is 4. The molecule has 0 radical (unpaired) electrons. The fourth-order valence-electron chi connectivity index (χ4n) is 0.219. The lowest BCUT2D eigenvalue weighted by atomic mass is 11.2. The molecule has 0 aliphatic carbocycles. The Morgan fingerprint density at radius 1 is 1.09 bits per heavy atom. The predicted octanol–water partition coefficient (Wildman–Crippen LogP) is 0.376. The first-order valence-corrected chi connectivity index (χ1v) is 6.35. The van der Waals surface area contributed by atoms with Gasteiger partial charge in [-0.1, -0.05) is 31.9 Å². The van der Waals surface area contributed by atoms with Gasteiger partial charge in [0.15, 0.2) is 30.7 Å². The van der Waals surface area contributed by atoms with Crippen LogP contribution >= 0.6 is 31.9 Å². The summed E-state index contributed by atoms with van der Waals surface area (Å²) in [5, 5.41) is 2.31. The van der Waals surface area contributed by atoms with Gasteiger partial charge in [0.1, 0.15) is 0 Å². The van der Waals surface area contributed by atoms with Gasteiger partial charge in [-0.15, -0.1) is 0 Å². The van der Waals surface area contributed by atoms with Gasteiger partial charge in [-0.05, 0) is 0 Å². The Morgan fingerprint density at radius 2 is 1.36 bits per heavy atom. The quantitative estimate of drug-likeness (QED) is 0.394. The minimum Gasteiger partial charge on any atom is -0.304 e. The van der Waals surface area contributed by atoms with Crippen molar-refractivity contribution in [1.82, 2.24) is 5.32 Å². The van der Waals surface area contributed by atoms with Crippen LogP contribution in [0.3, 0.4) is 0 Å². The summed E-state index contributed by atoms with van der Waals surface area (Å²) in [5.74, 6) is 0. The number of alkyl halides is 2. The molecule has 0 heterocycles. The van der Waals surface area contributed by atoms with E-state index in [4.69, 9.17) is 9.11 Å². The van der Waals surface area contributed by atoms with E-state index in [9.17, 15) is 8.42 Å². The second-order valence-corrected chi connectivity index (χ2v) is 6.44. The third kappa shape index (κ3) is 5.39. The molecule has 9 heteroatoms. The summed E-state index contributed by atoms with van der Waals surface area (Å²) in [6.07, 6.45) is 0. The zero-order valence-corrected chi connectivity index (χ0v) is 9.74. The molecule has 0 aromatic heterocycles. The van der Waals surface area contributed by atoms with Crippen molar-refractivity contribution in [2.24, 2.45) is 0 Å². The predicted molar refractivity (Wildman–Crippen MR) is 50.1 cm³/mol. The zero-order chi connectivity index (χ0) is 9.02.